The van der Waals surface area contributed by atoms with Gasteiger partial charge in [-0.05, 0) is 18.4 Å². The molecule has 4 amide bonds. The smallest absolute Gasteiger partial charge is 0.325 e. The van der Waals surface area contributed by atoms with E-state index in [4.69, 9.17) is 9.47 Å². The number of ether oxygens (including phenoxy) is 2. The van der Waals surface area contributed by atoms with Crippen LogP contribution < -0.4 is 16.0 Å². The number of esters is 1. The van der Waals surface area contributed by atoms with E-state index < -0.39 is 23.7 Å². The molecule has 0 fully saturated rings. The van der Waals surface area contributed by atoms with Crippen molar-refractivity contribution in [3.8, 4) is 0 Å². The minimum Gasteiger partial charge on any atom is -0.460 e. The van der Waals surface area contributed by atoms with Crippen LogP contribution in [0.2, 0.25) is 0 Å². The summed E-state index contributed by atoms with van der Waals surface area (Å²) >= 11 is 0. The van der Waals surface area contributed by atoms with Crippen molar-refractivity contribution in [2.45, 2.75) is 226 Å². The first-order valence-corrected chi connectivity index (χ1v) is 26.2. The van der Waals surface area contributed by atoms with Crippen LogP contribution in [0.3, 0.4) is 0 Å². The van der Waals surface area contributed by atoms with Crippen LogP contribution >= 0.6 is 0 Å². The Bertz CT molecular complexity index is 1240. The maximum Gasteiger partial charge on any atom is 0.325 e. The Morgan fingerprint density at radius 3 is 1.16 bits per heavy atom. The van der Waals surface area contributed by atoms with Crippen LogP contribution in [-0.2, 0) is 40.1 Å². The van der Waals surface area contributed by atoms with Gasteiger partial charge in [0.15, 0.2) is 0 Å². The molecule has 11 nitrogen and oxygen atoms in total. The van der Waals surface area contributed by atoms with E-state index in [1.54, 1.807) is 0 Å². The van der Waals surface area contributed by atoms with Gasteiger partial charge in [0.2, 0.25) is 23.6 Å². The van der Waals surface area contributed by atoms with Crippen LogP contribution in [-0.4, -0.2) is 80.4 Å². The molecular formula is C53H94N4O7. The summed E-state index contributed by atoms with van der Waals surface area (Å²) in [4.78, 5) is 63.7. The van der Waals surface area contributed by atoms with Gasteiger partial charge in [-0.25, -0.2) is 0 Å². The van der Waals surface area contributed by atoms with Crippen molar-refractivity contribution in [3.63, 3.8) is 0 Å². The van der Waals surface area contributed by atoms with Crippen LogP contribution in [0.25, 0.3) is 0 Å². The molecule has 0 saturated heterocycles. The zero-order valence-corrected chi connectivity index (χ0v) is 41.0. The summed E-state index contributed by atoms with van der Waals surface area (Å²) in [6, 6.07) is 9.19. The molecule has 0 bridgehead atoms. The maximum absolute atomic E-state index is 13.3. The van der Waals surface area contributed by atoms with E-state index in [0.29, 0.717) is 13.1 Å². The number of hydrogen-bond acceptors (Lipinski definition) is 7. The van der Waals surface area contributed by atoms with E-state index in [9.17, 15) is 24.0 Å². The first-order chi connectivity index (χ1) is 31.3. The average molecular weight is 899 g/mol. The van der Waals surface area contributed by atoms with Crippen molar-refractivity contribution in [3.05, 3.63) is 35.9 Å². The maximum atomic E-state index is 13.3. The first-order valence-electron chi connectivity index (χ1n) is 26.2. The second-order valence-corrected chi connectivity index (χ2v) is 18.0. The van der Waals surface area contributed by atoms with Gasteiger partial charge in [0, 0.05) is 13.1 Å². The monoisotopic (exact) mass is 899 g/mol. The minimum atomic E-state index is -0.599. The summed E-state index contributed by atoms with van der Waals surface area (Å²) in [5, 5.41) is 7.25. The van der Waals surface area contributed by atoms with Gasteiger partial charge in [0.1, 0.15) is 26.4 Å². The molecule has 0 heterocycles. The molecule has 0 atom stereocenters. The quantitative estimate of drug-likeness (QED) is 0.0437. The molecule has 0 aliphatic carbocycles. The van der Waals surface area contributed by atoms with E-state index >= 15 is 0 Å². The van der Waals surface area contributed by atoms with Crippen LogP contribution in [0, 0.1) is 0 Å². The molecule has 0 aliphatic rings. The number of carbonyl (C=O) groups excluding carboxylic acids is 5. The van der Waals surface area contributed by atoms with Gasteiger partial charge in [0.05, 0.1) is 13.1 Å². The van der Waals surface area contributed by atoms with Crippen LogP contribution in [0.5, 0.6) is 0 Å². The molecule has 1 rings (SSSR count). The number of nitrogens with one attached hydrogen (secondary N) is 3. The number of nitrogens with zero attached hydrogens (tertiary/aromatic N) is 1. The Hall–Kier alpha value is -3.47. The lowest BCUT2D eigenvalue weighted by Crippen LogP contribution is -2.43. The van der Waals surface area contributed by atoms with Crippen molar-refractivity contribution in [1.29, 1.82) is 0 Å². The highest BCUT2D eigenvalue weighted by Gasteiger charge is 2.15. The largest absolute Gasteiger partial charge is 0.460 e. The van der Waals surface area contributed by atoms with Gasteiger partial charge in [0.25, 0.3) is 0 Å². The lowest BCUT2D eigenvalue weighted by molar-refractivity contribution is -0.145. The molecule has 0 saturated carbocycles. The van der Waals surface area contributed by atoms with Gasteiger partial charge in [-0.15, -0.1) is 0 Å². The Morgan fingerprint density at radius 1 is 0.422 bits per heavy atom. The second-order valence-electron chi connectivity index (χ2n) is 18.0. The lowest BCUT2D eigenvalue weighted by atomic mass is 10.0. The fraction of sp³-hybridized carbons (Fsp3) is 0.792. The molecule has 0 radical (unpaired) electrons. The number of benzene rings is 1. The minimum absolute atomic E-state index is 0.0985. The van der Waals surface area contributed by atoms with Crippen molar-refractivity contribution in [1.82, 2.24) is 20.9 Å². The van der Waals surface area contributed by atoms with Crippen molar-refractivity contribution in [2.75, 3.05) is 45.9 Å². The molecule has 0 unspecified atom stereocenters. The van der Waals surface area contributed by atoms with Crippen LogP contribution in [0.15, 0.2) is 30.3 Å². The molecule has 3 N–H and O–H groups in total. The highest BCUT2D eigenvalue weighted by molar-refractivity contribution is 5.89. The highest BCUT2D eigenvalue weighted by Crippen LogP contribution is 2.16. The predicted molar refractivity (Wildman–Crippen MR) is 262 cm³/mol. The van der Waals surface area contributed by atoms with Gasteiger partial charge >= 0.3 is 5.97 Å². The van der Waals surface area contributed by atoms with Gasteiger partial charge < -0.3 is 30.3 Å². The summed E-state index contributed by atoms with van der Waals surface area (Å²) in [7, 11) is 0. The molecule has 11 heteroatoms. The number of hydrogen-bond donors (Lipinski definition) is 3. The third kappa shape index (κ3) is 38.9. The predicted octanol–water partition coefficient (Wildman–Crippen LogP) is 11.4. The van der Waals surface area contributed by atoms with Crippen LogP contribution in [0.4, 0.5) is 0 Å². The van der Waals surface area contributed by atoms with Gasteiger partial charge in [-0.2, -0.15) is 0 Å². The molecular weight excluding hydrogens is 805 g/mol. The molecule has 0 aromatic heterocycles. The summed E-state index contributed by atoms with van der Waals surface area (Å²) in [5.74, 6) is -2.38. The molecule has 0 aliphatic heterocycles. The Balaban J connectivity index is 2.28. The Kier molecular flexibility index (Phi) is 40.9. The second kappa shape index (κ2) is 44.7. The van der Waals surface area contributed by atoms with E-state index in [1.807, 2.05) is 35.2 Å². The zero-order chi connectivity index (χ0) is 46.4. The van der Waals surface area contributed by atoms with Gasteiger partial charge in [-0.1, -0.05) is 237 Å². The van der Waals surface area contributed by atoms with Crippen LogP contribution in [0.1, 0.15) is 225 Å². The number of amides is 4. The zero-order valence-electron chi connectivity index (χ0n) is 41.0. The Labute approximate surface area is 390 Å². The summed E-state index contributed by atoms with van der Waals surface area (Å²) < 4.78 is 10.6. The summed E-state index contributed by atoms with van der Waals surface area (Å²) in [5.41, 5.74) is 0.830. The van der Waals surface area contributed by atoms with E-state index in [-0.39, 0.29) is 45.4 Å². The standard InChI is InChI=1S/C53H94N4O7/c1-3-5-7-9-11-13-15-17-19-21-23-25-27-29-31-36-40-57(41-37-32-30-28-26-24-22-20-18-16-14-12-10-8-6-4-2)52(61)47-63-46-51(60)55-43-49(58)54-42-50(59)56-44-53(62)64-45-48-38-34-33-35-39-48/h33-35,38-39H,3-32,36-37,40-47H2,1-2H3,(H,54,58)(H,55,60)(H,56,59). The summed E-state index contributed by atoms with van der Waals surface area (Å²) in [6.45, 7) is 4.47. The fourth-order valence-electron chi connectivity index (χ4n) is 7.88. The normalized spacial score (nSPS) is 11.0. The molecule has 1 aromatic rings. The number of rotatable bonds is 46. The van der Waals surface area contributed by atoms with Crippen molar-refractivity contribution < 1.29 is 33.4 Å². The molecule has 368 valence electrons. The van der Waals surface area contributed by atoms with E-state index in [0.717, 1.165) is 31.2 Å². The molecule has 1 aromatic carbocycles. The third-order valence-corrected chi connectivity index (χ3v) is 11.9. The fourth-order valence-corrected chi connectivity index (χ4v) is 7.88. The molecule has 0 spiro atoms. The SMILES string of the molecule is CCCCCCCCCCCCCCCCCCN(CCCCCCCCCCCCCCCCCC)C(=O)COCC(=O)NCC(=O)NCC(=O)NCC(=O)OCc1ccccc1. The topological polar surface area (TPSA) is 143 Å². The van der Waals surface area contributed by atoms with E-state index in [1.165, 1.54) is 180 Å². The lowest BCUT2D eigenvalue weighted by Gasteiger charge is -2.23. The van der Waals surface area contributed by atoms with Crippen molar-refractivity contribution in [2.24, 2.45) is 0 Å². The summed E-state index contributed by atoms with van der Waals surface area (Å²) in [6.07, 6.45) is 41.8. The van der Waals surface area contributed by atoms with Crippen molar-refractivity contribution >= 4 is 29.6 Å². The Morgan fingerprint density at radius 2 is 0.766 bits per heavy atom. The average Bonchev–Trinajstić information content (AvgIpc) is 3.30. The highest BCUT2D eigenvalue weighted by atomic mass is 16.5. The van der Waals surface area contributed by atoms with Gasteiger partial charge in [-0.3, -0.25) is 24.0 Å². The number of unbranched alkanes of at least 4 members (excludes halogenated alkanes) is 30. The first kappa shape index (κ1) is 58.5. The molecule has 64 heavy (non-hydrogen) atoms. The number of carbonyl (C=O) groups is 5. The third-order valence-electron chi connectivity index (χ3n) is 11.9. The van der Waals surface area contributed by atoms with E-state index in [2.05, 4.69) is 29.8 Å².